The number of hydrogen-bond acceptors (Lipinski definition) is 3. The van der Waals surface area contributed by atoms with E-state index in [0.717, 1.165) is 30.5 Å². The number of likely N-dealkylation sites (tertiary alicyclic amines) is 1. The zero-order chi connectivity index (χ0) is 16.2. The van der Waals surface area contributed by atoms with Crippen LogP contribution in [0.3, 0.4) is 0 Å². The average molecular weight is 310 g/mol. The molecule has 2 aromatic rings. The van der Waals surface area contributed by atoms with Crippen LogP contribution in [0.1, 0.15) is 42.0 Å². The second-order valence-electron chi connectivity index (χ2n) is 6.19. The van der Waals surface area contributed by atoms with Crippen molar-refractivity contribution in [1.29, 1.82) is 0 Å². The van der Waals surface area contributed by atoms with E-state index >= 15 is 0 Å². The standard InChI is InChI=1S/C19H22N2O2/c1-14-6-4-7-15(12-14)18(16-8-5-10-20-13-16)21-11-3-2-9-17(21)19(22)23/h4-8,10,12-13,17-18H,2-3,9,11H2,1H3,(H,22,23). The van der Waals surface area contributed by atoms with Crippen molar-refractivity contribution in [2.75, 3.05) is 6.54 Å². The van der Waals surface area contributed by atoms with Crippen LogP contribution in [0.4, 0.5) is 0 Å². The van der Waals surface area contributed by atoms with Crippen molar-refractivity contribution < 1.29 is 9.90 Å². The molecule has 3 rings (SSSR count). The van der Waals surface area contributed by atoms with Crippen molar-refractivity contribution in [1.82, 2.24) is 9.88 Å². The number of rotatable bonds is 4. The van der Waals surface area contributed by atoms with Gasteiger partial charge in [-0.1, -0.05) is 42.3 Å². The Hall–Kier alpha value is -2.20. The maximum absolute atomic E-state index is 11.7. The summed E-state index contributed by atoms with van der Waals surface area (Å²) in [6.45, 7) is 2.86. The smallest absolute Gasteiger partial charge is 0.320 e. The highest BCUT2D eigenvalue weighted by Gasteiger charge is 2.35. The van der Waals surface area contributed by atoms with E-state index in [9.17, 15) is 9.90 Å². The summed E-state index contributed by atoms with van der Waals surface area (Å²) >= 11 is 0. The van der Waals surface area contributed by atoms with Crippen molar-refractivity contribution in [2.45, 2.75) is 38.3 Å². The van der Waals surface area contributed by atoms with Crippen LogP contribution in [0.5, 0.6) is 0 Å². The molecule has 0 saturated carbocycles. The molecule has 120 valence electrons. The maximum atomic E-state index is 11.7. The van der Waals surface area contributed by atoms with Crippen molar-refractivity contribution >= 4 is 5.97 Å². The first-order chi connectivity index (χ1) is 11.2. The molecule has 1 aromatic carbocycles. The lowest BCUT2D eigenvalue weighted by molar-refractivity contribution is -0.145. The lowest BCUT2D eigenvalue weighted by Gasteiger charge is -2.39. The molecule has 1 N–H and O–H groups in total. The summed E-state index contributed by atoms with van der Waals surface area (Å²) in [6.07, 6.45) is 6.31. The first-order valence-corrected chi connectivity index (χ1v) is 8.12. The van der Waals surface area contributed by atoms with Gasteiger partial charge in [0, 0.05) is 12.4 Å². The van der Waals surface area contributed by atoms with Crippen LogP contribution in [-0.4, -0.2) is 33.5 Å². The summed E-state index contributed by atoms with van der Waals surface area (Å²) < 4.78 is 0. The molecule has 4 heteroatoms. The van der Waals surface area contributed by atoms with Gasteiger partial charge in [-0.2, -0.15) is 0 Å². The Morgan fingerprint density at radius 3 is 2.78 bits per heavy atom. The maximum Gasteiger partial charge on any atom is 0.320 e. The fourth-order valence-corrected chi connectivity index (χ4v) is 3.48. The highest BCUT2D eigenvalue weighted by atomic mass is 16.4. The summed E-state index contributed by atoms with van der Waals surface area (Å²) in [7, 11) is 0. The number of pyridine rings is 1. The molecule has 1 aromatic heterocycles. The van der Waals surface area contributed by atoms with Gasteiger partial charge >= 0.3 is 5.97 Å². The van der Waals surface area contributed by atoms with E-state index in [0.29, 0.717) is 6.42 Å². The molecule has 4 nitrogen and oxygen atoms in total. The zero-order valence-electron chi connectivity index (χ0n) is 13.4. The molecule has 0 amide bonds. The Morgan fingerprint density at radius 2 is 2.09 bits per heavy atom. The van der Waals surface area contributed by atoms with Crippen LogP contribution in [0, 0.1) is 6.92 Å². The van der Waals surface area contributed by atoms with E-state index in [-0.39, 0.29) is 6.04 Å². The van der Waals surface area contributed by atoms with Crippen LogP contribution in [0.2, 0.25) is 0 Å². The van der Waals surface area contributed by atoms with E-state index < -0.39 is 12.0 Å². The van der Waals surface area contributed by atoms with Gasteiger partial charge in [-0.15, -0.1) is 0 Å². The predicted molar refractivity (Wildman–Crippen MR) is 89.2 cm³/mol. The number of aliphatic carboxylic acids is 1. The van der Waals surface area contributed by atoms with Gasteiger partial charge in [0.1, 0.15) is 6.04 Å². The molecule has 2 atom stereocenters. The number of piperidine rings is 1. The largest absolute Gasteiger partial charge is 0.480 e. The Bertz CT molecular complexity index is 672. The van der Waals surface area contributed by atoms with Gasteiger partial charge in [-0.3, -0.25) is 14.7 Å². The number of carboxylic acid groups (broad SMARTS) is 1. The third-order valence-corrected chi connectivity index (χ3v) is 4.52. The number of carbonyl (C=O) groups is 1. The normalized spacial score (nSPS) is 20.1. The minimum atomic E-state index is -0.730. The molecule has 1 saturated heterocycles. The molecule has 0 radical (unpaired) electrons. The number of carboxylic acids is 1. The minimum Gasteiger partial charge on any atom is -0.480 e. The topological polar surface area (TPSA) is 53.4 Å². The monoisotopic (exact) mass is 310 g/mol. The summed E-state index contributed by atoms with van der Waals surface area (Å²) in [5.74, 6) is -0.730. The number of aryl methyl sites for hydroxylation is 1. The zero-order valence-corrected chi connectivity index (χ0v) is 13.4. The molecular weight excluding hydrogens is 288 g/mol. The lowest BCUT2D eigenvalue weighted by atomic mass is 9.92. The molecule has 0 bridgehead atoms. The summed E-state index contributed by atoms with van der Waals surface area (Å²) in [6, 6.07) is 11.8. The molecular formula is C19H22N2O2. The Morgan fingerprint density at radius 1 is 1.26 bits per heavy atom. The molecule has 2 heterocycles. The molecule has 0 aliphatic carbocycles. The van der Waals surface area contributed by atoms with Gasteiger partial charge in [0.05, 0.1) is 6.04 Å². The van der Waals surface area contributed by atoms with Crippen LogP contribution >= 0.6 is 0 Å². The molecule has 1 fully saturated rings. The second kappa shape index (κ2) is 6.92. The lowest BCUT2D eigenvalue weighted by Crippen LogP contribution is -2.46. The average Bonchev–Trinajstić information content (AvgIpc) is 2.56. The highest BCUT2D eigenvalue weighted by molar-refractivity contribution is 5.73. The highest BCUT2D eigenvalue weighted by Crippen LogP contribution is 2.34. The third-order valence-electron chi connectivity index (χ3n) is 4.52. The number of aromatic nitrogens is 1. The fraction of sp³-hybridized carbons (Fsp3) is 0.368. The fourth-order valence-electron chi connectivity index (χ4n) is 3.48. The summed E-state index contributed by atoms with van der Waals surface area (Å²) in [5, 5.41) is 9.65. The Balaban J connectivity index is 2.06. The van der Waals surface area contributed by atoms with Crippen LogP contribution in [-0.2, 0) is 4.79 Å². The van der Waals surface area contributed by atoms with Gasteiger partial charge in [-0.05, 0) is 43.5 Å². The summed E-state index contributed by atoms with van der Waals surface area (Å²) in [5.41, 5.74) is 3.36. The van der Waals surface area contributed by atoms with Gasteiger partial charge in [0.2, 0.25) is 0 Å². The summed E-state index contributed by atoms with van der Waals surface area (Å²) in [4.78, 5) is 18.1. The van der Waals surface area contributed by atoms with Crippen molar-refractivity contribution in [3.63, 3.8) is 0 Å². The van der Waals surface area contributed by atoms with Crippen molar-refractivity contribution in [3.8, 4) is 0 Å². The van der Waals surface area contributed by atoms with Gasteiger partial charge in [-0.25, -0.2) is 0 Å². The first kappa shape index (κ1) is 15.7. The van der Waals surface area contributed by atoms with E-state index in [1.54, 1.807) is 6.20 Å². The molecule has 23 heavy (non-hydrogen) atoms. The Kier molecular flexibility index (Phi) is 4.72. The SMILES string of the molecule is Cc1cccc(C(c2cccnc2)N2CCCCC2C(=O)O)c1. The number of hydrogen-bond donors (Lipinski definition) is 1. The van der Waals surface area contributed by atoms with E-state index in [1.165, 1.54) is 5.56 Å². The van der Waals surface area contributed by atoms with Gasteiger partial charge in [0.25, 0.3) is 0 Å². The predicted octanol–water partition coefficient (Wildman–Crippen LogP) is 3.42. The van der Waals surface area contributed by atoms with E-state index in [1.807, 2.05) is 24.4 Å². The van der Waals surface area contributed by atoms with E-state index in [2.05, 4.69) is 35.0 Å². The third kappa shape index (κ3) is 3.42. The quantitative estimate of drug-likeness (QED) is 0.940. The van der Waals surface area contributed by atoms with Crippen molar-refractivity contribution in [2.24, 2.45) is 0 Å². The van der Waals surface area contributed by atoms with Crippen LogP contribution in [0.15, 0.2) is 48.8 Å². The molecule has 2 unspecified atom stereocenters. The van der Waals surface area contributed by atoms with Crippen LogP contribution in [0.25, 0.3) is 0 Å². The van der Waals surface area contributed by atoms with Crippen molar-refractivity contribution in [3.05, 3.63) is 65.5 Å². The molecule has 0 spiro atoms. The number of nitrogens with zero attached hydrogens (tertiary/aromatic N) is 2. The number of benzene rings is 1. The first-order valence-electron chi connectivity index (χ1n) is 8.12. The minimum absolute atomic E-state index is 0.0648. The van der Waals surface area contributed by atoms with Gasteiger partial charge in [0.15, 0.2) is 0 Å². The molecule has 1 aliphatic rings. The van der Waals surface area contributed by atoms with E-state index in [4.69, 9.17) is 0 Å². The van der Waals surface area contributed by atoms with Gasteiger partial charge < -0.3 is 5.11 Å². The Labute approximate surface area is 136 Å². The second-order valence-corrected chi connectivity index (χ2v) is 6.19. The molecule has 1 aliphatic heterocycles. The van der Waals surface area contributed by atoms with Crippen LogP contribution < -0.4 is 0 Å².